The lowest BCUT2D eigenvalue weighted by molar-refractivity contribution is 0.0702. The topological polar surface area (TPSA) is 116 Å². The van der Waals surface area contributed by atoms with Crippen molar-refractivity contribution in [1.29, 1.82) is 0 Å². The molecule has 2 aromatic carbocycles. The van der Waals surface area contributed by atoms with Crippen LogP contribution in [0.15, 0.2) is 59.6 Å². The molecule has 0 bridgehead atoms. The molecule has 2 N–H and O–H groups in total. The van der Waals surface area contributed by atoms with E-state index in [1.54, 1.807) is 43.5 Å². The molecule has 230 valence electrons. The van der Waals surface area contributed by atoms with E-state index in [4.69, 9.17) is 24.7 Å². The molecule has 2 atom stereocenters. The van der Waals surface area contributed by atoms with Gasteiger partial charge in [-0.05, 0) is 49.4 Å². The van der Waals surface area contributed by atoms with Crippen LogP contribution >= 0.6 is 0 Å². The predicted octanol–water partition coefficient (Wildman–Crippen LogP) is 4.90. The zero-order valence-corrected chi connectivity index (χ0v) is 25.3. The van der Waals surface area contributed by atoms with Crippen LogP contribution in [0, 0.1) is 0 Å². The van der Waals surface area contributed by atoms with Crippen LogP contribution in [-0.2, 0) is 0 Å². The van der Waals surface area contributed by atoms with Crippen molar-refractivity contribution >= 4 is 29.8 Å². The molecule has 4 heterocycles. The number of carbonyl (C=O) groups excluding carboxylic acids is 2. The SMILES string of the molecule is C=C1C[C@H]2C=Cc3cc(OCCCCCOc4cc5c(cc4OC)C(=O)N4CC(=C)C[C@@]4(N)C=N5)c(OC)cc3C(=O)N2C1. The average Bonchev–Trinajstić information content (AvgIpc) is 3.48. The first-order valence-electron chi connectivity index (χ1n) is 14.9. The first-order chi connectivity index (χ1) is 21.2. The van der Waals surface area contributed by atoms with Gasteiger partial charge in [0.25, 0.3) is 11.8 Å². The van der Waals surface area contributed by atoms with Crippen molar-refractivity contribution in [2.24, 2.45) is 10.7 Å². The van der Waals surface area contributed by atoms with E-state index in [0.717, 1.165) is 42.4 Å². The Kier molecular flexibility index (Phi) is 7.94. The Morgan fingerprint density at radius 1 is 0.886 bits per heavy atom. The summed E-state index contributed by atoms with van der Waals surface area (Å²) in [6.45, 7) is 9.98. The fourth-order valence-corrected chi connectivity index (χ4v) is 6.23. The lowest BCUT2D eigenvalue weighted by atomic mass is 10.0. The molecule has 4 aliphatic heterocycles. The van der Waals surface area contributed by atoms with Crippen LogP contribution in [0.4, 0.5) is 5.69 Å². The van der Waals surface area contributed by atoms with E-state index in [2.05, 4.69) is 24.2 Å². The molecule has 2 aromatic rings. The van der Waals surface area contributed by atoms with E-state index in [0.29, 0.717) is 72.5 Å². The number of methoxy groups -OCH3 is 2. The molecule has 0 unspecified atom stereocenters. The summed E-state index contributed by atoms with van der Waals surface area (Å²) in [4.78, 5) is 34.5. The normalized spacial score (nSPS) is 21.8. The number of nitrogens with zero attached hydrogens (tertiary/aromatic N) is 3. The summed E-state index contributed by atoms with van der Waals surface area (Å²) in [5.41, 5.74) is 9.82. The van der Waals surface area contributed by atoms with E-state index >= 15 is 0 Å². The summed E-state index contributed by atoms with van der Waals surface area (Å²) < 4.78 is 23.3. The number of carbonyl (C=O) groups is 2. The highest BCUT2D eigenvalue weighted by Gasteiger charge is 2.43. The van der Waals surface area contributed by atoms with Gasteiger partial charge >= 0.3 is 0 Å². The Bertz CT molecular complexity index is 1600. The third-order valence-corrected chi connectivity index (χ3v) is 8.52. The van der Waals surface area contributed by atoms with E-state index in [-0.39, 0.29) is 17.9 Å². The van der Waals surface area contributed by atoms with Crippen molar-refractivity contribution in [3.63, 3.8) is 0 Å². The Hall–Kier alpha value is -4.57. The van der Waals surface area contributed by atoms with Crippen molar-refractivity contribution in [1.82, 2.24) is 9.80 Å². The van der Waals surface area contributed by atoms with Gasteiger partial charge < -0.3 is 34.5 Å². The number of hydrogen-bond donors (Lipinski definition) is 1. The van der Waals surface area contributed by atoms with Crippen molar-refractivity contribution in [3.8, 4) is 23.0 Å². The first kappa shape index (κ1) is 29.5. The van der Waals surface area contributed by atoms with Gasteiger partial charge in [-0.25, -0.2) is 0 Å². The standard InChI is InChI=1S/C34H38N4O6/c1-21-12-24-9-8-23-13-30(28(41-3)14-25(23)32(39)37(24)18-21)43-10-6-5-7-11-44-31-16-27-26(15-29(31)42-4)33(40)38-19-22(2)17-34(38,35)20-36-27/h8-9,13-16,20,24H,1-2,5-7,10-12,17-19,35H2,3-4H3/t24-,34+/m1/s1. The molecule has 0 spiro atoms. The van der Waals surface area contributed by atoms with Crippen LogP contribution in [0.5, 0.6) is 23.0 Å². The van der Waals surface area contributed by atoms with Gasteiger partial charge in [0, 0.05) is 31.8 Å². The molecule has 10 nitrogen and oxygen atoms in total. The molecular weight excluding hydrogens is 560 g/mol. The molecule has 0 aromatic heterocycles. The highest BCUT2D eigenvalue weighted by molar-refractivity contribution is 6.05. The Morgan fingerprint density at radius 2 is 1.57 bits per heavy atom. The number of amides is 2. The van der Waals surface area contributed by atoms with Crippen LogP contribution in [0.3, 0.4) is 0 Å². The Morgan fingerprint density at radius 3 is 2.27 bits per heavy atom. The van der Waals surface area contributed by atoms with E-state index < -0.39 is 5.66 Å². The lowest BCUT2D eigenvalue weighted by Crippen LogP contribution is -2.54. The van der Waals surface area contributed by atoms with Crippen molar-refractivity contribution < 1.29 is 28.5 Å². The molecular formula is C34H38N4O6. The smallest absolute Gasteiger partial charge is 0.258 e. The highest BCUT2D eigenvalue weighted by Crippen LogP contribution is 2.40. The number of benzene rings is 2. The second-order valence-electron chi connectivity index (χ2n) is 11.7. The van der Waals surface area contributed by atoms with Gasteiger partial charge in [0.1, 0.15) is 5.66 Å². The first-order valence-corrected chi connectivity index (χ1v) is 14.9. The van der Waals surface area contributed by atoms with Gasteiger partial charge in [0.15, 0.2) is 23.0 Å². The monoisotopic (exact) mass is 598 g/mol. The fraction of sp³-hybridized carbons (Fsp3) is 0.382. The molecule has 2 saturated heterocycles. The molecule has 0 radical (unpaired) electrons. The van der Waals surface area contributed by atoms with Crippen LogP contribution in [0.2, 0.25) is 0 Å². The number of hydrogen-bond acceptors (Lipinski definition) is 8. The highest BCUT2D eigenvalue weighted by atomic mass is 16.5. The number of fused-ring (bicyclic) bond motifs is 4. The van der Waals surface area contributed by atoms with Gasteiger partial charge in [0.2, 0.25) is 0 Å². The minimum absolute atomic E-state index is 0.0158. The van der Waals surface area contributed by atoms with Gasteiger partial charge in [-0.1, -0.05) is 36.5 Å². The molecule has 2 fully saturated rings. The summed E-state index contributed by atoms with van der Waals surface area (Å²) in [7, 11) is 3.12. The van der Waals surface area contributed by atoms with Crippen LogP contribution in [-0.4, -0.2) is 80.1 Å². The minimum Gasteiger partial charge on any atom is -0.493 e. The second-order valence-corrected chi connectivity index (χ2v) is 11.7. The van der Waals surface area contributed by atoms with Gasteiger partial charge in [-0.3, -0.25) is 14.6 Å². The molecule has 0 aliphatic carbocycles. The van der Waals surface area contributed by atoms with Gasteiger partial charge in [-0.2, -0.15) is 0 Å². The predicted molar refractivity (Wildman–Crippen MR) is 168 cm³/mol. The van der Waals surface area contributed by atoms with Crippen molar-refractivity contribution in [3.05, 3.63) is 71.3 Å². The van der Waals surface area contributed by atoms with Crippen LogP contribution in [0.1, 0.15) is 58.4 Å². The van der Waals surface area contributed by atoms with Crippen LogP contribution in [0.25, 0.3) is 6.08 Å². The zero-order valence-electron chi connectivity index (χ0n) is 25.3. The summed E-state index contributed by atoms with van der Waals surface area (Å²) in [5, 5.41) is 0. The molecule has 6 rings (SSSR count). The summed E-state index contributed by atoms with van der Waals surface area (Å²) in [5.74, 6) is 1.91. The number of unbranched alkanes of at least 4 members (excludes halogenated alkanes) is 2. The maximum absolute atomic E-state index is 13.3. The number of aliphatic imine (C=N–C) groups is 1. The maximum atomic E-state index is 13.3. The van der Waals surface area contributed by atoms with Crippen molar-refractivity contribution in [2.45, 2.75) is 43.8 Å². The number of ether oxygens (including phenoxy) is 4. The molecule has 2 amide bonds. The third-order valence-electron chi connectivity index (χ3n) is 8.52. The van der Waals surface area contributed by atoms with Crippen LogP contribution < -0.4 is 24.7 Å². The van der Waals surface area contributed by atoms with Gasteiger partial charge in [-0.15, -0.1) is 0 Å². The van der Waals surface area contributed by atoms with E-state index in [1.165, 1.54) is 0 Å². The molecule has 44 heavy (non-hydrogen) atoms. The quantitative estimate of drug-likeness (QED) is 0.305. The average molecular weight is 599 g/mol. The van der Waals surface area contributed by atoms with E-state index in [1.807, 2.05) is 17.0 Å². The summed E-state index contributed by atoms with van der Waals surface area (Å²) in [6, 6.07) is 7.09. The molecule has 10 heteroatoms. The fourth-order valence-electron chi connectivity index (χ4n) is 6.23. The van der Waals surface area contributed by atoms with Gasteiger partial charge in [0.05, 0.1) is 50.3 Å². The number of rotatable bonds is 10. The summed E-state index contributed by atoms with van der Waals surface area (Å²) >= 11 is 0. The molecule has 4 aliphatic rings. The minimum atomic E-state index is -0.979. The Balaban J connectivity index is 1.03. The van der Waals surface area contributed by atoms with Crippen molar-refractivity contribution in [2.75, 3.05) is 40.5 Å². The molecule has 0 saturated carbocycles. The Labute approximate surface area is 257 Å². The number of nitrogens with two attached hydrogens (primary N) is 1. The zero-order chi connectivity index (χ0) is 31.0. The van der Waals surface area contributed by atoms with E-state index in [9.17, 15) is 9.59 Å². The maximum Gasteiger partial charge on any atom is 0.258 e. The second kappa shape index (κ2) is 11.8. The summed E-state index contributed by atoms with van der Waals surface area (Å²) in [6.07, 6.45) is 9.40. The largest absolute Gasteiger partial charge is 0.493 e. The lowest BCUT2D eigenvalue weighted by Gasteiger charge is -2.29. The third kappa shape index (κ3) is 5.45.